The maximum absolute atomic E-state index is 13.3. The van der Waals surface area contributed by atoms with Crippen molar-refractivity contribution in [1.82, 2.24) is 5.32 Å². The molecule has 0 bridgehead atoms. The molecule has 1 fully saturated rings. The Labute approximate surface area is 105 Å². The molecule has 0 aliphatic carbocycles. The predicted octanol–water partition coefficient (Wildman–Crippen LogP) is 2.46. The highest BCUT2D eigenvalue weighted by atomic mass is 35.5. The van der Waals surface area contributed by atoms with Gasteiger partial charge in [0.25, 0.3) is 0 Å². The molecule has 0 atom stereocenters. The number of halogens is 2. The summed E-state index contributed by atoms with van der Waals surface area (Å²) in [5, 5.41) is 3.26. The third-order valence-electron chi connectivity index (χ3n) is 3.35. The second-order valence-electron chi connectivity index (χ2n) is 4.25. The lowest BCUT2D eigenvalue weighted by molar-refractivity contribution is -0.0771. The zero-order valence-corrected chi connectivity index (χ0v) is 10.6. The lowest BCUT2D eigenvalue weighted by atomic mass is 9.86. The smallest absolute Gasteiger partial charge is 0.177 e. The van der Waals surface area contributed by atoms with Crippen LogP contribution < -0.4 is 5.32 Å². The molecule has 2 aliphatic rings. The summed E-state index contributed by atoms with van der Waals surface area (Å²) in [7, 11) is 0. The normalized spacial score (nSPS) is 22.6. The highest BCUT2D eigenvalue weighted by molar-refractivity contribution is 7.10. The minimum atomic E-state index is -0.173. The Bertz CT molecular complexity index is 376. The van der Waals surface area contributed by atoms with Crippen LogP contribution in [0.4, 0.5) is 4.39 Å². The van der Waals surface area contributed by atoms with Crippen LogP contribution in [-0.2, 0) is 16.8 Å². The van der Waals surface area contributed by atoms with Gasteiger partial charge in [0, 0.05) is 4.88 Å². The van der Waals surface area contributed by atoms with Crippen LogP contribution in [0.5, 0.6) is 0 Å². The lowest BCUT2D eigenvalue weighted by Gasteiger charge is -2.40. The SMILES string of the molecule is Cl.Fc1cc2c(s1)C1(CCNCC1)OCC2. The largest absolute Gasteiger partial charge is 0.369 e. The van der Waals surface area contributed by atoms with Crippen molar-refractivity contribution in [3.63, 3.8) is 0 Å². The monoisotopic (exact) mass is 263 g/mol. The van der Waals surface area contributed by atoms with Crippen molar-refractivity contribution in [2.24, 2.45) is 0 Å². The van der Waals surface area contributed by atoms with Crippen LogP contribution in [-0.4, -0.2) is 19.7 Å². The van der Waals surface area contributed by atoms with E-state index < -0.39 is 0 Å². The van der Waals surface area contributed by atoms with Gasteiger partial charge in [-0.3, -0.25) is 0 Å². The van der Waals surface area contributed by atoms with Gasteiger partial charge in [-0.05, 0) is 44.0 Å². The first-order valence-electron chi connectivity index (χ1n) is 5.44. The van der Waals surface area contributed by atoms with Crippen LogP contribution in [0, 0.1) is 5.13 Å². The first-order chi connectivity index (χ1) is 7.30. The fourth-order valence-electron chi connectivity index (χ4n) is 2.59. The second kappa shape index (κ2) is 4.61. The van der Waals surface area contributed by atoms with Gasteiger partial charge in [0.05, 0.1) is 6.61 Å². The maximum Gasteiger partial charge on any atom is 0.177 e. The summed E-state index contributed by atoms with van der Waals surface area (Å²) in [5.74, 6) is 0. The van der Waals surface area contributed by atoms with Crippen LogP contribution in [0.15, 0.2) is 6.07 Å². The van der Waals surface area contributed by atoms with Gasteiger partial charge in [-0.15, -0.1) is 23.7 Å². The molecular weight excluding hydrogens is 249 g/mol. The molecule has 1 spiro atoms. The standard InChI is InChI=1S/C11H14FNOS.ClH/c12-9-7-8-1-6-14-11(10(8)15-9)2-4-13-5-3-11;/h7,13H,1-6H2;1H. The zero-order chi connectivity index (χ0) is 10.3. The van der Waals surface area contributed by atoms with Crippen molar-refractivity contribution in [2.75, 3.05) is 19.7 Å². The van der Waals surface area contributed by atoms with E-state index in [1.807, 2.05) is 0 Å². The minimum absolute atomic E-state index is 0. The number of nitrogens with one attached hydrogen (secondary N) is 1. The number of hydrogen-bond donors (Lipinski definition) is 1. The van der Waals surface area contributed by atoms with Gasteiger partial charge in [0.1, 0.15) is 5.60 Å². The Morgan fingerprint density at radius 3 is 2.88 bits per heavy atom. The van der Waals surface area contributed by atoms with Crippen molar-refractivity contribution in [3.05, 3.63) is 21.6 Å². The average molecular weight is 264 g/mol. The Hall–Kier alpha value is -0.160. The summed E-state index contributed by atoms with van der Waals surface area (Å²) in [5.41, 5.74) is 0.999. The summed E-state index contributed by atoms with van der Waals surface area (Å²) in [6.45, 7) is 2.68. The van der Waals surface area contributed by atoms with Crippen LogP contribution >= 0.6 is 23.7 Å². The first-order valence-corrected chi connectivity index (χ1v) is 6.25. The topological polar surface area (TPSA) is 21.3 Å². The Morgan fingerprint density at radius 2 is 2.12 bits per heavy atom. The second-order valence-corrected chi connectivity index (χ2v) is 5.25. The van der Waals surface area contributed by atoms with E-state index in [9.17, 15) is 4.39 Å². The van der Waals surface area contributed by atoms with Crippen LogP contribution in [0.3, 0.4) is 0 Å². The molecule has 16 heavy (non-hydrogen) atoms. The molecule has 3 heterocycles. The van der Waals surface area contributed by atoms with Gasteiger partial charge in [0.2, 0.25) is 0 Å². The van der Waals surface area contributed by atoms with E-state index in [4.69, 9.17) is 4.74 Å². The fourth-order valence-corrected chi connectivity index (χ4v) is 3.73. The molecule has 1 aromatic rings. The summed E-state index contributed by atoms with van der Waals surface area (Å²) in [6.07, 6.45) is 2.81. The molecule has 0 aromatic carbocycles. The van der Waals surface area contributed by atoms with Crippen LogP contribution in [0.1, 0.15) is 23.3 Å². The van der Waals surface area contributed by atoms with Crippen LogP contribution in [0.25, 0.3) is 0 Å². The molecular formula is C11H15ClFNOS. The number of hydrogen-bond acceptors (Lipinski definition) is 3. The molecule has 90 valence electrons. The zero-order valence-electron chi connectivity index (χ0n) is 8.92. The number of thiophene rings is 1. The Morgan fingerprint density at radius 1 is 1.38 bits per heavy atom. The summed E-state index contributed by atoms with van der Waals surface area (Å²) < 4.78 is 19.2. The van der Waals surface area contributed by atoms with E-state index in [1.165, 1.54) is 16.9 Å². The molecule has 0 unspecified atom stereocenters. The third kappa shape index (κ3) is 1.88. The number of fused-ring (bicyclic) bond motifs is 2. The molecule has 1 aromatic heterocycles. The van der Waals surface area contributed by atoms with Gasteiger partial charge in [-0.2, -0.15) is 4.39 Å². The van der Waals surface area contributed by atoms with E-state index in [2.05, 4.69) is 5.32 Å². The molecule has 3 rings (SSSR count). The third-order valence-corrected chi connectivity index (χ3v) is 4.50. The van der Waals surface area contributed by atoms with Gasteiger partial charge in [-0.25, -0.2) is 0 Å². The molecule has 1 N–H and O–H groups in total. The van der Waals surface area contributed by atoms with Crippen molar-refractivity contribution in [1.29, 1.82) is 0 Å². The Balaban J connectivity index is 0.000000963. The van der Waals surface area contributed by atoms with E-state index in [0.717, 1.165) is 43.8 Å². The van der Waals surface area contributed by atoms with Crippen molar-refractivity contribution in [3.8, 4) is 0 Å². The van der Waals surface area contributed by atoms with Crippen molar-refractivity contribution in [2.45, 2.75) is 24.9 Å². The molecule has 0 radical (unpaired) electrons. The highest BCUT2D eigenvalue weighted by Crippen LogP contribution is 2.43. The van der Waals surface area contributed by atoms with Gasteiger partial charge >= 0.3 is 0 Å². The van der Waals surface area contributed by atoms with Crippen molar-refractivity contribution >= 4 is 23.7 Å². The molecule has 1 saturated heterocycles. The first kappa shape index (κ1) is 12.3. The summed E-state index contributed by atoms with van der Waals surface area (Å²) >= 11 is 1.28. The molecule has 0 saturated carbocycles. The molecule has 2 nitrogen and oxygen atoms in total. The Kier molecular flexibility index (Phi) is 3.54. The predicted molar refractivity (Wildman–Crippen MR) is 65.0 cm³/mol. The number of piperidine rings is 1. The minimum Gasteiger partial charge on any atom is -0.369 e. The maximum atomic E-state index is 13.3. The quantitative estimate of drug-likeness (QED) is 0.776. The number of rotatable bonds is 0. The van der Waals surface area contributed by atoms with Crippen LogP contribution in [0.2, 0.25) is 0 Å². The molecule has 5 heteroatoms. The van der Waals surface area contributed by atoms with E-state index in [0.29, 0.717) is 0 Å². The molecule has 0 amide bonds. The molecule has 2 aliphatic heterocycles. The van der Waals surface area contributed by atoms with Crippen molar-refractivity contribution < 1.29 is 9.13 Å². The van der Waals surface area contributed by atoms with Gasteiger partial charge in [-0.1, -0.05) is 0 Å². The van der Waals surface area contributed by atoms with E-state index >= 15 is 0 Å². The highest BCUT2D eigenvalue weighted by Gasteiger charge is 2.40. The summed E-state index contributed by atoms with van der Waals surface area (Å²) in [4.78, 5) is 1.15. The van der Waals surface area contributed by atoms with E-state index in [1.54, 1.807) is 6.07 Å². The van der Waals surface area contributed by atoms with E-state index in [-0.39, 0.29) is 23.1 Å². The average Bonchev–Trinajstić information content (AvgIpc) is 2.62. The lowest BCUT2D eigenvalue weighted by Crippen LogP contribution is -2.43. The summed E-state index contributed by atoms with van der Waals surface area (Å²) in [6, 6.07) is 1.69. The van der Waals surface area contributed by atoms with Gasteiger partial charge < -0.3 is 10.1 Å². The number of ether oxygens (including phenoxy) is 1. The fraction of sp³-hybridized carbons (Fsp3) is 0.636. The van der Waals surface area contributed by atoms with Gasteiger partial charge in [0.15, 0.2) is 5.13 Å².